The monoisotopic (exact) mass is 336 g/mol. The van der Waals surface area contributed by atoms with Crippen molar-refractivity contribution in [1.29, 1.82) is 0 Å². The second-order valence-corrected chi connectivity index (χ2v) is 6.79. The molecule has 130 valence electrons. The van der Waals surface area contributed by atoms with Crippen LogP contribution in [-0.2, 0) is 6.42 Å². The first-order valence-corrected chi connectivity index (χ1v) is 9.00. The van der Waals surface area contributed by atoms with Crippen molar-refractivity contribution in [2.24, 2.45) is 5.92 Å². The number of hydrogen-bond acceptors (Lipinski definition) is 2. The molecule has 1 aliphatic rings. The van der Waals surface area contributed by atoms with Crippen molar-refractivity contribution in [1.82, 2.24) is 4.90 Å². The summed E-state index contributed by atoms with van der Waals surface area (Å²) in [6, 6.07) is 14.6. The summed E-state index contributed by atoms with van der Waals surface area (Å²) in [4.78, 5) is 2.50. The van der Waals surface area contributed by atoms with Gasteiger partial charge in [0.2, 0.25) is 0 Å². The van der Waals surface area contributed by atoms with Crippen molar-refractivity contribution in [2.45, 2.75) is 25.7 Å². The van der Waals surface area contributed by atoms with Crippen molar-refractivity contribution in [3.63, 3.8) is 0 Å². The van der Waals surface area contributed by atoms with Gasteiger partial charge in [-0.15, -0.1) is 0 Å². The molecule has 1 heterocycles. The van der Waals surface area contributed by atoms with Gasteiger partial charge in [-0.1, -0.05) is 24.0 Å². The summed E-state index contributed by atoms with van der Waals surface area (Å²) >= 11 is 0. The van der Waals surface area contributed by atoms with E-state index in [0.717, 1.165) is 43.7 Å². The van der Waals surface area contributed by atoms with Crippen molar-refractivity contribution in [3.05, 3.63) is 65.5 Å². The Morgan fingerprint density at radius 3 is 2.36 bits per heavy atom. The predicted molar refractivity (Wildman–Crippen MR) is 102 cm³/mol. The van der Waals surface area contributed by atoms with Crippen LogP contribution < -0.4 is 5.73 Å². The maximum atomic E-state index is 13.0. The standard InChI is InChI=1S/C22H25FN2/c23-21-8-4-19(5-9-21)17-20-12-15-25(16-13-20)14-2-1-3-18-6-10-22(24)11-7-18/h4-11,20H,2,12-17,24H2. The van der Waals surface area contributed by atoms with Gasteiger partial charge >= 0.3 is 0 Å². The van der Waals surface area contributed by atoms with Gasteiger partial charge in [0.1, 0.15) is 5.82 Å². The number of nitrogens with zero attached hydrogens (tertiary/aromatic N) is 1. The Hall–Kier alpha value is -2.31. The molecule has 1 fully saturated rings. The summed E-state index contributed by atoms with van der Waals surface area (Å²) in [5.41, 5.74) is 8.71. The van der Waals surface area contributed by atoms with Crippen molar-refractivity contribution >= 4 is 5.69 Å². The lowest BCUT2D eigenvalue weighted by atomic mass is 9.90. The van der Waals surface area contributed by atoms with E-state index in [1.54, 1.807) is 12.1 Å². The van der Waals surface area contributed by atoms with Gasteiger partial charge < -0.3 is 10.6 Å². The summed E-state index contributed by atoms with van der Waals surface area (Å²) in [5, 5.41) is 0. The molecule has 1 saturated heterocycles. The minimum atomic E-state index is -0.154. The van der Waals surface area contributed by atoms with Crippen molar-refractivity contribution < 1.29 is 4.39 Å². The molecule has 0 amide bonds. The van der Waals surface area contributed by atoms with E-state index in [-0.39, 0.29) is 5.82 Å². The quantitative estimate of drug-likeness (QED) is 0.673. The zero-order valence-corrected chi connectivity index (χ0v) is 14.5. The van der Waals surface area contributed by atoms with Crippen LogP contribution >= 0.6 is 0 Å². The van der Waals surface area contributed by atoms with Crippen LogP contribution in [-0.4, -0.2) is 24.5 Å². The molecule has 0 aromatic heterocycles. The Labute approximate surface area is 149 Å². The zero-order valence-electron chi connectivity index (χ0n) is 14.5. The fourth-order valence-electron chi connectivity index (χ4n) is 3.31. The third kappa shape index (κ3) is 5.62. The molecule has 0 bridgehead atoms. The van der Waals surface area contributed by atoms with E-state index in [9.17, 15) is 4.39 Å². The number of rotatable bonds is 4. The highest BCUT2D eigenvalue weighted by Crippen LogP contribution is 2.21. The zero-order chi connectivity index (χ0) is 17.5. The number of likely N-dealkylation sites (tertiary alicyclic amines) is 1. The number of hydrogen-bond donors (Lipinski definition) is 1. The molecule has 25 heavy (non-hydrogen) atoms. The summed E-state index contributed by atoms with van der Waals surface area (Å²) in [6.07, 6.45) is 4.38. The summed E-state index contributed by atoms with van der Waals surface area (Å²) in [6.45, 7) is 3.30. The molecular weight excluding hydrogens is 311 g/mol. The Kier molecular flexibility index (Phi) is 6.09. The molecule has 2 aromatic rings. The highest BCUT2D eigenvalue weighted by Gasteiger charge is 2.18. The van der Waals surface area contributed by atoms with Crippen LogP contribution in [0.1, 0.15) is 30.4 Å². The lowest BCUT2D eigenvalue weighted by molar-refractivity contribution is 0.187. The Balaban J connectivity index is 1.38. The SMILES string of the molecule is Nc1ccc(C#CCCN2CCC(Cc3ccc(F)cc3)CC2)cc1. The van der Waals surface area contributed by atoms with Crippen LogP contribution in [0, 0.1) is 23.6 Å². The molecule has 3 rings (SSSR count). The van der Waals surface area contributed by atoms with Crippen molar-refractivity contribution in [3.8, 4) is 11.8 Å². The number of benzene rings is 2. The number of nitrogens with two attached hydrogens (primary N) is 1. The summed E-state index contributed by atoms with van der Waals surface area (Å²) in [5.74, 6) is 7.01. The number of halogens is 1. The van der Waals surface area contributed by atoms with E-state index in [2.05, 4.69) is 16.7 Å². The van der Waals surface area contributed by atoms with E-state index in [1.165, 1.54) is 18.4 Å². The van der Waals surface area contributed by atoms with E-state index in [1.807, 2.05) is 36.4 Å². The third-order valence-electron chi connectivity index (χ3n) is 4.84. The lowest BCUT2D eigenvalue weighted by Gasteiger charge is -2.31. The molecule has 2 nitrogen and oxygen atoms in total. The maximum Gasteiger partial charge on any atom is 0.123 e. The van der Waals surface area contributed by atoms with Crippen molar-refractivity contribution in [2.75, 3.05) is 25.4 Å². The molecule has 2 N–H and O–H groups in total. The summed E-state index contributed by atoms with van der Waals surface area (Å²) < 4.78 is 13.0. The third-order valence-corrected chi connectivity index (χ3v) is 4.84. The molecule has 0 atom stereocenters. The molecule has 2 aromatic carbocycles. The topological polar surface area (TPSA) is 29.3 Å². The fourth-order valence-corrected chi connectivity index (χ4v) is 3.31. The van der Waals surface area contributed by atoms with Crippen LogP contribution in [0.25, 0.3) is 0 Å². The Bertz CT molecular complexity index is 717. The van der Waals surface area contributed by atoms with Gasteiger partial charge in [0.15, 0.2) is 0 Å². The number of piperidine rings is 1. The van der Waals surface area contributed by atoms with Crippen LogP contribution in [0.3, 0.4) is 0 Å². The van der Waals surface area contributed by atoms with Crippen LogP contribution in [0.15, 0.2) is 48.5 Å². The second-order valence-electron chi connectivity index (χ2n) is 6.79. The molecule has 0 unspecified atom stereocenters. The van der Waals surface area contributed by atoms with E-state index in [0.29, 0.717) is 5.92 Å². The fraction of sp³-hybridized carbons (Fsp3) is 0.364. The Morgan fingerprint density at radius 1 is 1.00 bits per heavy atom. The summed E-state index contributed by atoms with van der Waals surface area (Å²) in [7, 11) is 0. The predicted octanol–water partition coefficient (Wildman–Crippen LogP) is 4.10. The van der Waals surface area contributed by atoms with Gasteiger partial charge in [0.25, 0.3) is 0 Å². The number of anilines is 1. The minimum absolute atomic E-state index is 0.154. The molecule has 0 radical (unpaired) electrons. The maximum absolute atomic E-state index is 13.0. The van der Waals surface area contributed by atoms with E-state index in [4.69, 9.17) is 5.73 Å². The average Bonchev–Trinajstić information content (AvgIpc) is 2.63. The van der Waals surface area contributed by atoms with Crippen LogP contribution in [0.5, 0.6) is 0 Å². The first-order chi connectivity index (χ1) is 12.2. The largest absolute Gasteiger partial charge is 0.399 e. The van der Waals surface area contributed by atoms with Crippen LogP contribution in [0.2, 0.25) is 0 Å². The molecule has 0 saturated carbocycles. The van der Waals surface area contributed by atoms with Gasteiger partial charge in [-0.2, -0.15) is 0 Å². The minimum Gasteiger partial charge on any atom is -0.399 e. The normalized spacial score (nSPS) is 15.6. The average molecular weight is 336 g/mol. The lowest BCUT2D eigenvalue weighted by Crippen LogP contribution is -2.34. The highest BCUT2D eigenvalue weighted by atomic mass is 19.1. The van der Waals surface area contributed by atoms with Gasteiger partial charge in [0.05, 0.1) is 0 Å². The molecule has 0 aliphatic carbocycles. The first kappa shape index (κ1) is 17.5. The molecule has 0 spiro atoms. The molecule has 1 aliphatic heterocycles. The van der Waals surface area contributed by atoms with Gasteiger partial charge in [-0.05, 0) is 80.2 Å². The highest BCUT2D eigenvalue weighted by molar-refractivity contribution is 5.44. The Morgan fingerprint density at radius 2 is 1.68 bits per heavy atom. The van der Waals surface area contributed by atoms with Gasteiger partial charge in [0, 0.05) is 24.2 Å². The van der Waals surface area contributed by atoms with Gasteiger partial charge in [-0.25, -0.2) is 4.39 Å². The molecule has 3 heteroatoms. The molecular formula is C22H25FN2. The van der Waals surface area contributed by atoms with Crippen LogP contribution in [0.4, 0.5) is 10.1 Å². The second kappa shape index (κ2) is 8.69. The van der Waals surface area contributed by atoms with E-state index < -0.39 is 0 Å². The van der Waals surface area contributed by atoms with Gasteiger partial charge in [-0.3, -0.25) is 0 Å². The first-order valence-electron chi connectivity index (χ1n) is 9.00. The number of nitrogen functional groups attached to an aromatic ring is 1. The van der Waals surface area contributed by atoms with E-state index >= 15 is 0 Å². The smallest absolute Gasteiger partial charge is 0.123 e.